The monoisotopic (exact) mass is 502 g/mol. The lowest BCUT2D eigenvalue weighted by Crippen LogP contribution is -2.60. The fraction of sp³-hybridized carbons (Fsp3) is 0.542. The Morgan fingerprint density at radius 3 is 2.46 bits per heavy atom. The van der Waals surface area contributed by atoms with Crippen molar-refractivity contribution in [2.24, 2.45) is 5.92 Å². The van der Waals surface area contributed by atoms with E-state index in [-0.39, 0.29) is 36.6 Å². The van der Waals surface area contributed by atoms with Gasteiger partial charge in [-0.1, -0.05) is 30.3 Å². The van der Waals surface area contributed by atoms with Crippen molar-refractivity contribution in [2.75, 3.05) is 26.2 Å². The second kappa shape index (κ2) is 9.62. The van der Waals surface area contributed by atoms with Crippen LogP contribution in [-0.2, 0) is 19.2 Å². The molecule has 3 fully saturated rings. The molecule has 11 heteroatoms. The minimum atomic E-state index is -0.987. The van der Waals surface area contributed by atoms with E-state index in [9.17, 15) is 29.1 Å². The van der Waals surface area contributed by atoms with Crippen LogP contribution in [0.15, 0.2) is 30.3 Å². The van der Waals surface area contributed by atoms with Gasteiger partial charge in [-0.25, -0.2) is 4.79 Å². The molecule has 3 heterocycles. The number of carboxylic acid groups (broad SMARTS) is 1. The maximum atomic E-state index is 13.4. The Hall–Kier alpha value is -2.92. The summed E-state index contributed by atoms with van der Waals surface area (Å²) in [6, 6.07) is 6.39. The highest BCUT2D eigenvalue weighted by Crippen LogP contribution is 2.53. The van der Waals surface area contributed by atoms with Gasteiger partial charge in [0.05, 0.1) is 5.37 Å². The number of nitrogens with one attached hydrogen (secondary N) is 1. The number of thioether (sulfide) groups is 1. The molecule has 0 radical (unpaired) electrons. The van der Waals surface area contributed by atoms with Crippen molar-refractivity contribution in [3.05, 3.63) is 35.9 Å². The first kappa shape index (κ1) is 25.2. The molecule has 0 bridgehead atoms. The van der Waals surface area contributed by atoms with Crippen LogP contribution in [0.2, 0.25) is 0 Å². The van der Waals surface area contributed by atoms with Crippen LogP contribution in [0.4, 0.5) is 4.79 Å². The molecule has 4 atom stereocenters. The van der Waals surface area contributed by atoms with Gasteiger partial charge in [-0.3, -0.25) is 29.0 Å². The third-order valence-electron chi connectivity index (χ3n) is 6.95. The minimum absolute atomic E-state index is 0.0458. The Balaban J connectivity index is 1.47. The molecule has 0 unspecified atom stereocenters. The van der Waals surface area contributed by atoms with Gasteiger partial charge in [0.15, 0.2) is 5.78 Å². The van der Waals surface area contributed by atoms with E-state index in [2.05, 4.69) is 5.32 Å². The zero-order valence-electron chi connectivity index (χ0n) is 20.0. The number of amides is 4. The van der Waals surface area contributed by atoms with Crippen molar-refractivity contribution in [3.8, 4) is 0 Å². The zero-order valence-corrected chi connectivity index (χ0v) is 20.8. The smallest absolute Gasteiger partial charge is 0.325 e. The second-order valence-electron chi connectivity index (χ2n) is 9.61. The largest absolute Gasteiger partial charge is 0.480 e. The Labute approximate surface area is 208 Å². The SMILES string of the molecule is CCN1CCN(C(=O)N[C@@H](C(=O)C[C@@H]2CN3[C@@H]2SC(C)(C)[C@@H]3C(=O)O)c2ccccc2)C(=O)C1=O. The minimum Gasteiger partial charge on any atom is -0.480 e. The molecule has 0 spiro atoms. The number of carboxylic acids is 1. The van der Waals surface area contributed by atoms with Gasteiger partial charge in [0, 0.05) is 43.3 Å². The molecule has 3 saturated heterocycles. The van der Waals surface area contributed by atoms with Crippen LogP contribution in [0.25, 0.3) is 0 Å². The number of likely N-dealkylation sites (N-methyl/N-ethyl adjacent to an activating group) is 1. The molecule has 0 aliphatic carbocycles. The second-order valence-corrected chi connectivity index (χ2v) is 11.4. The van der Waals surface area contributed by atoms with Crippen molar-refractivity contribution < 1.29 is 29.1 Å². The summed E-state index contributed by atoms with van der Waals surface area (Å²) in [6.45, 7) is 6.73. The Morgan fingerprint density at radius 2 is 1.83 bits per heavy atom. The fourth-order valence-electron chi connectivity index (χ4n) is 5.14. The van der Waals surface area contributed by atoms with Crippen LogP contribution < -0.4 is 5.32 Å². The summed E-state index contributed by atoms with van der Waals surface area (Å²) in [6.07, 6.45) is 0.160. The summed E-state index contributed by atoms with van der Waals surface area (Å²) in [5.41, 5.74) is 0.579. The van der Waals surface area contributed by atoms with E-state index in [1.807, 2.05) is 18.7 Å². The van der Waals surface area contributed by atoms with E-state index in [4.69, 9.17) is 0 Å². The molecule has 3 aliphatic rings. The molecular weight excluding hydrogens is 472 g/mol. The Kier molecular flexibility index (Phi) is 6.92. The lowest BCUT2D eigenvalue weighted by molar-refractivity contribution is -0.153. The first-order chi connectivity index (χ1) is 16.5. The number of benzene rings is 1. The van der Waals surface area contributed by atoms with Gasteiger partial charge < -0.3 is 15.3 Å². The Morgan fingerprint density at radius 1 is 1.14 bits per heavy atom. The normalized spacial score (nSPS) is 26.7. The van der Waals surface area contributed by atoms with Gasteiger partial charge in [-0.15, -0.1) is 11.8 Å². The summed E-state index contributed by atoms with van der Waals surface area (Å²) < 4.78 is -0.477. The number of urea groups is 1. The van der Waals surface area contributed by atoms with Crippen LogP contribution in [0, 0.1) is 5.92 Å². The number of nitrogens with zero attached hydrogens (tertiary/aromatic N) is 3. The molecule has 1 aromatic carbocycles. The standard InChI is InChI=1S/C24H30N4O6S/c1-4-26-10-11-27(20(31)19(26)30)23(34)25-17(14-8-6-5-7-9-14)16(29)12-15-13-28-18(22(32)33)24(2,3)35-21(15)28/h5-9,15,17-18,21H,4,10-13H2,1-3H3,(H,25,34)(H,32,33)/t15-,17-,18+,21-/m1/s1. The van der Waals surface area contributed by atoms with Crippen molar-refractivity contribution in [3.63, 3.8) is 0 Å². The number of fused-ring (bicyclic) bond motifs is 1. The Bertz CT molecular complexity index is 1050. The number of carbonyl (C=O) groups is 5. The molecule has 0 saturated carbocycles. The average Bonchev–Trinajstić information content (AvgIpc) is 3.03. The summed E-state index contributed by atoms with van der Waals surface area (Å²) in [5.74, 6) is -2.78. The number of imide groups is 1. The predicted octanol–water partition coefficient (Wildman–Crippen LogP) is 1.32. The molecular formula is C24H30N4O6S. The fourth-order valence-corrected chi connectivity index (χ4v) is 6.84. The van der Waals surface area contributed by atoms with Crippen LogP contribution in [0.3, 0.4) is 0 Å². The number of hydrogen-bond donors (Lipinski definition) is 2. The van der Waals surface area contributed by atoms with Gasteiger partial charge in [0.25, 0.3) is 0 Å². The van der Waals surface area contributed by atoms with E-state index >= 15 is 0 Å². The maximum Gasteiger partial charge on any atom is 0.325 e. The molecule has 10 nitrogen and oxygen atoms in total. The quantitative estimate of drug-likeness (QED) is 0.535. The number of piperazine rings is 1. The van der Waals surface area contributed by atoms with E-state index in [0.717, 1.165) is 4.90 Å². The van der Waals surface area contributed by atoms with Gasteiger partial charge in [0.1, 0.15) is 12.1 Å². The third kappa shape index (κ3) is 4.66. The van der Waals surface area contributed by atoms with E-state index in [1.54, 1.807) is 49.0 Å². The van der Waals surface area contributed by atoms with Gasteiger partial charge in [0.2, 0.25) is 0 Å². The molecule has 1 aromatic rings. The number of rotatable bonds is 7. The van der Waals surface area contributed by atoms with Crippen LogP contribution in [-0.4, -0.2) is 91.7 Å². The van der Waals surface area contributed by atoms with E-state index in [1.165, 1.54) is 4.90 Å². The highest BCUT2D eigenvalue weighted by Gasteiger charge is 2.59. The van der Waals surface area contributed by atoms with Crippen molar-refractivity contribution >= 4 is 41.4 Å². The number of Topliss-reactive ketones (excluding diaryl/α,β-unsaturated/α-hetero) is 1. The topological polar surface area (TPSA) is 127 Å². The van der Waals surface area contributed by atoms with Crippen LogP contribution in [0.5, 0.6) is 0 Å². The molecule has 188 valence electrons. The van der Waals surface area contributed by atoms with Crippen LogP contribution >= 0.6 is 11.8 Å². The van der Waals surface area contributed by atoms with Crippen molar-refractivity contribution in [1.29, 1.82) is 0 Å². The number of hydrogen-bond acceptors (Lipinski definition) is 7. The lowest BCUT2D eigenvalue weighted by Gasteiger charge is -2.44. The molecule has 2 N–H and O–H groups in total. The van der Waals surface area contributed by atoms with Crippen LogP contribution in [0.1, 0.15) is 38.8 Å². The maximum absolute atomic E-state index is 13.4. The zero-order chi connectivity index (χ0) is 25.5. The highest BCUT2D eigenvalue weighted by atomic mass is 32.2. The molecule has 3 aliphatic heterocycles. The van der Waals surface area contributed by atoms with Gasteiger partial charge in [-0.05, 0) is 26.3 Å². The molecule has 0 aromatic heterocycles. The third-order valence-corrected chi connectivity index (χ3v) is 8.67. The molecule has 35 heavy (non-hydrogen) atoms. The van der Waals surface area contributed by atoms with Gasteiger partial charge in [-0.2, -0.15) is 0 Å². The first-order valence-corrected chi connectivity index (χ1v) is 12.6. The van der Waals surface area contributed by atoms with Crippen molar-refractivity contribution in [2.45, 2.75) is 49.4 Å². The summed E-state index contributed by atoms with van der Waals surface area (Å²) in [5, 5.41) is 12.2. The summed E-state index contributed by atoms with van der Waals surface area (Å²) in [4.78, 5) is 67.0. The summed E-state index contributed by atoms with van der Waals surface area (Å²) >= 11 is 1.56. The number of carbonyl (C=O) groups excluding carboxylic acids is 4. The predicted molar refractivity (Wildman–Crippen MR) is 128 cm³/mol. The number of ketones is 1. The van der Waals surface area contributed by atoms with E-state index < -0.39 is 40.6 Å². The lowest BCUT2D eigenvalue weighted by atomic mass is 9.87. The molecule has 4 rings (SSSR count). The van der Waals surface area contributed by atoms with Crippen molar-refractivity contribution in [1.82, 2.24) is 20.0 Å². The molecule has 4 amide bonds. The average molecular weight is 503 g/mol. The highest BCUT2D eigenvalue weighted by molar-refractivity contribution is 8.01. The number of aliphatic carboxylic acids is 1. The first-order valence-electron chi connectivity index (χ1n) is 11.7. The summed E-state index contributed by atoms with van der Waals surface area (Å²) in [7, 11) is 0. The van der Waals surface area contributed by atoms with Gasteiger partial charge >= 0.3 is 23.8 Å². The van der Waals surface area contributed by atoms with E-state index in [0.29, 0.717) is 18.7 Å².